The molecule has 8 heteroatoms. The van der Waals surface area contributed by atoms with E-state index in [0.717, 1.165) is 55.1 Å². The van der Waals surface area contributed by atoms with Crippen molar-refractivity contribution in [3.05, 3.63) is 64.1 Å². The quantitative estimate of drug-likeness (QED) is 0.402. The van der Waals surface area contributed by atoms with Gasteiger partial charge in [0, 0.05) is 12.0 Å². The van der Waals surface area contributed by atoms with Crippen LogP contribution < -0.4 is 10.6 Å². The summed E-state index contributed by atoms with van der Waals surface area (Å²) >= 11 is 3.19. The second-order valence-corrected chi connectivity index (χ2v) is 10.1. The Labute approximate surface area is 194 Å². The van der Waals surface area contributed by atoms with E-state index < -0.39 is 11.6 Å². The van der Waals surface area contributed by atoms with Gasteiger partial charge in [0.1, 0.15) is 11.6 Å². The maximum absolute atomic E-state index is 14.1. The van der Waals surface area contributed by atoms with Crippen LogP contribution >= 0.6 is 15.9 Å². The van der Waals surface area contributed by atoms with Gasteiger partial charge in [-0.3, -0.25) is 0 Å². The lowest BCUT2D eigenvalue weighted by atomic mass is 9.63. The zero-order valence-corrected chi connectivity index (χ0v) is 19.2. The van der Waals surface area contributed by atoms with Gasteiger partial charge in [0.2, 0.25) is 0 Å². The van der Waals surface area contributed by atoms with Gasteiger partial charge in [0.05, 0.1) is 27.1 Å². The Hall–Kier alpha value is -2.45. The summed E-state index contributed by atoms with van der Waals surface area (Å²) < 4.78 is 14.5. The lowest BCUT2D eigenvalue weighted by molar-refractivity contribution is -0.0694. The summed E-state index contributed by atoms with van der Waals surface area (Å²) in [5.74, 6) is 0.287. The molecule has 6 nitrogen and oxygen atoms in total. The van der Waals surface area contributed by atoms with Crippen LogP contribution in [0.5, 0.6) is 0 Å². The van der Waals surface area contributed by atoms with Crippen molar-refractivity contribution in [2.24, 2.45) is 0 Å². The van der Waals surface area contributed by atoms with Crippen LogP contribution in [0.2, 0.25) is 0 Å². The highest BCUT2D eigenvalue weighted by atomic mass is 79.9. The van der Waals surface area contributed by atoms with Crippen molar-refractivity contribution in [1.82, 2.24) is 20.6 Å². The number of amides is 2. The number of H-pyrrole nitrogens is 1. The van der Waals surface area contributed by atoms with Crippen molar-refractivity contribution in [3.63, 3.8) is 0 Å². The van der Waals surface area contributed by atoms with Crippen molar-refractivity contribution < 1.29 is 14.3 Å². The fraction of sp³-hybridized carbons (Fsp3) is 0.417. The molecular weight excluding hydrogens is 475 g/mol. The van der Waals surface area contributed by atoms with E-state index in [4.69, 9.17) is 0 Å². The minimum Gasteiger partial charge on any atom is -0.390 e. The van der Waals surface area contributed by atoms with Crippen LogP contribution in [0.3, 0.4) is 0 Å². The fourth-order valence-electron chi connectivity index (χ4n) is 5.04. The van der Waals surface area contributed by atoms with Crippen LogP contribution in [0.15, 0.2) is 46.9 Å². The normalized spacial score (nSPS) is 25.6. The van der Waals surface area contributed by atoms with E-state index in [2.05, 4.69) is 36.5 Å². The van der Waals surface area contributed by atoms with E-state index in [1.54, 1.807) is 6.07 Å². The van der Waals surface area contributed by atoms with Crippen LogP contribution in [-0.2, 0) is 6.42 Å². The molecule has 0 aliphatic heterocycles. The Kier molecular flexibility index (Phi) is 5.45. The number of aromatic amines is 1. The average molecular weight is 501 g/mol. The molecule has 3 fully saturated rings. The summed E-state index contributed by atoms with van der Waals surface area (Å²) in [7, 11) is 0. The number of imidazole rings is 1. The first-order valence-electron chi connectivity index (χ1n) is 11.0. The number of urea groups is 1. The molecule has 2 amide bonds. The van der Waals surface area contributed by atoms with Crippen molar-refractivity contribution >= 4 is 33.0 Å². The molecule has 168 valence electrons. The number of aliphatic hydroxyl groups is 1. The molecule has 3 aliphatic rings. The largest absolute Gasteiger partial charge is 0.390 e. The van der Waals surface area contributed by atoms with Crippen LogP contribution in [0, 0.1) is 5.82 Å². The van der Waals surface area contributed by atoms with Crippen LogP contribution in [0.25, 0.3) is 11.0 Å². The maximum atomic E-state index is 14.1. The van der Waals surface area contributed by atoms with Gasteiger partial charge in [0.25, 0.3) is 0 Å². The monoisotopic (exact) mass is 500 g/mol. The third-order valence-electron chi connectivity index (χ3n) is 7.05. The first-order valence-corrected chi connectivity index (χ1v) is 11.8. The van der Waals surface area contributed by atoms with Crippen LogP contribution in [0.1, 0.15) is 56.0 Å². The summed E-state index contributed by atoms with van der Waals surface area (Å²) in [5, 5.41) is 16.7. The summed E-state index contributed by atoms with van der Waals surface area (Å²) in [6.45, 7) is 0. The van der Waals surface area contributed by atoms with Gasteiger partial charge in [-0.2, -0.15) is 0 Å². The molecule has 4 N–H and O–H groups in total. The number of hydrogen-bond donors (Lipinski definition) is 4. The number of carbonyl (C=O) groups is 1. The van der Waals surface area contributed by atoms with Crippen molar-refractivity contribution in [1.29, 1.82) is 0 Å². The summed E-state index contributed by atoms with van der Waals surface area (Å²) in [4.78, 5) is 21.0. The van der Waals surface area contributed by atoms with Crippen molar-refractivity contribution in [2.75, 3.05) is 0 Å². The lowest BCUT2D eigenvalue weighted by Gasteiger charge is -2.51. The molecule has 1 unspecified atom stereocenters. The van der Waals surface area contributed by atoms with E-state index >= 15 is 0 Å². The molecule has 3 aliphatic carbocycles. The highest BCUT2D eigenvalue weighted by Crippen LogP contribution is 2.46. The summed E-state index contributed by atoms with van der Waals surface area (Å²) in [5.41, 5.74) is 1.64. The van der Waals surface area contributed by atoms with Gasteiger partial charge in [-0.1, -0.05) is 18.2 Å². The molecule has 3 aromatic rings. The van der Waals surface area contributed by atoms with E-state index in [9.17, 15) is 14.3 Å². The van der Waals surface area contributed by atoms with E-state index in [1.165, 1.54) is 6.07 Å². The number of fused-ring (bicyclic) bond motifs is 4. The van der Waals surface area contributed by atoms with E-state index in [0.29, 0.717) is 16.7 Å². The molecule has 2 bridgehead atoms. The molecule has 2 aromatic carbocycles. The maximum Gasteiger partial charge on any atom is 0.315 e. The summed E-state index contributed by atoms with van der Waals surface area (Å²) in [6, 6.07) is 12.0. The molecule has 1 aromatic heterocycles. The predicted octanol–water partition coefficient (Wildman–Crippen LogP) is 4.89. The smallest absolute Gasteiger partial charge is 0.315 e. The van der Waals surface area contributed by atoms with Gasteiger partial charge in [-0.05, 0) is 84.3 Å². The number of para-hydroxylation sites is 2. The third kappa shape index (κ3) is 4.26. The second-order valence-electron chi connectivity index (χ2n) is 9.25. The first kappa shape index (κ1) is 21.4. The van der Waals surface area contributed by atoms with Gasteiger partial charge >= 0.3 is 6.03 Å². The average Bonchev–Trinajstić information content (AvgIpc) is 3.21. The van der Waals surface area contributed by atoms with E-state index in [1.807, 2.05) is 30.3 Å². The van der Waals surface area contributed by atoms with Crippen LogP contribution in [-0.4, -0.2) is 32.2 Å². The third-order valence-corrected chi connectivity index (χ3v) is 7.70. The Bertz CT molecular complexity index is 1110. The SMILES string of the molecule is O=C(NC(Cc1ccc(Br)c(F)c1)c1nc2ccccc2[nH]1)NC12CCC(O)(CC1)CC2. The number of rotatable bonds is 5. The van der Waals surface area contributed by atoms with Gasteiger partial charge in [-0.15, -0.1) is 0 Å². The van der Waals surface area contributed by atoms with Crippen LogP contribution in [0.4, 0.5) is 9.18 Å². The molecular formula is C24H26BrFN4O2. The zero-order valence-electron chi connectivity index (χ0n) is 17.6. The van der Waals surface area contributed by atoms with E-state index in [-0.39, 0.29) is 17.4 Å². The number of halogens is 2. The van der Waals surface area contributed by atoms with Gasteiger partial charge in [0.15, 0.2) is 0 Å². The Morgan fingerprint density at radius 2 is 1.88 bits per heavy atom. The zero-order chi connectivity index (χ0) is 22.3. The molecule has 3 saturated carbocycles. The topological polar surface area (TPSA) is 90.0 Å². The number of nitrogens with one attached hydrogen (secondary N) is 3. The Morgan fingerprint density at radius 3 is 2.56 bits per heavy atom. The molecule has 1 atom stereocenters. The molecule has 6 rings (SSSR count). The number of hydrogen-bond acceptors (Lipinski definition) is 3. The molecule has 1 heterocycles. The number of aromatic nitrogens is 2. The highest BCUT2D eigenvalue weighted by molar-refractivity contribution is 9.10. The minimum absolute atomic E-state index is 0.264. The predicted molar refractivity (Wildman–Crippen MR) is 124 cm³/mol. The standard InChI is InChI=1S/C24H26BrFN4O2/c25-16-6-5-15(13-17(16)26)14-20(21-27-18-3-1-2-4-19(18)28-21)29-22(31)30-23-7-10-24(32,11-8-23)12-9-23/h1-6,13,20,32H,7-12,14H2,(H,27,28)(H2,29,30,31). The minimum atomic E-state index is -0.553. The molecule has 0 spiro atoms. The number of nitrogens with zero attached hydrogens (tertiary/aromatic N) is 1. The molecule has 32 heavy (non-hydrogen) atoms. The second kappa shape index (κ2) is 8.15. The highest BCUT2D eigenvalue weighted by Gasteiger charge is 2.48. The number of carbonyl (C=O) groups excluding carboxylic acids is 1. The van der Waals surface area contributed by atoms with Gasteiger partial charge < -0.3 is 20.7 Å². The Balaban J connectivity index is 1.37. The number of benzene rings is 2. The van der Waals surface area contributed by atoms with Gasteiger partial charge in [-0.25, -0.2) is 14.2 Å². The lowest BCUT2D eigenvalue weighted by Crippen LogP contribution is -2.60. The van der Waals surface area contributed by atoms with Crippen molar-refractivity contribution in [3.8, 4) is 0 Å². The molecule has 0 saturated heterocycles. The fourth-order valence-corrected chi connectivity index (χ4v) is 5.29. The summed E-state index contributed by atoms with van der Waals surface area (Å²) in [6.07, 6.45) is 4.90. The van der Waals surface area contributed by atoms with Crippen molar-refractivity contribution in [2.45, 2.75) is 62.1 Å². The Morgan fingerprint density at radius 1 is 1.16 bits per heavy atom. The first-order chi connectivity index (χ1) is 15.3. The molecule has 0 radical (unpaired) electrons.